The number of hydrogen-bond donors (Lipinski definition) is 0. The SMILES string of the molecule is [B]c1sc(N=C(c2ccccc2)c2ccccc2)nc1C. The number of aromatic nitrogens is 1. The first-order valence-corrected chi connectivity index (χ1v) is 7.48. The highest BCUT2D eigenvalue weighted by atomic mass is 32.1. The van der Waals surface area contributed by atoms with Gasteiger partial charge in [-0.05, 0) is 11.7 Å². The molecule has 100 valence electrons. The second-order valence-corrected chi connectivity index (χ2v) is 5.65. The van der Waals surface area contributed by atoms with Crippen molar-refractivity contribution in [3.05, 3.63) is 77.5 Å². The van der Waals surface area contributed by atoms with Crippen LogP contribution in [0.15, 0.2) is 65.7 Å². The molecule has 0 fully saturated rings. The second kappa shape index (κ2) is 6.06. The van der Waals surface area contributed by atoms with Crippen LogP contribution in [0.25, 0.3) is 0 Å². The number of nitrogens with zero attached hydrogens (tertiary/aromatic N) is 2. The highest BCUT2D eigenvalue weighted by molar-refractivity contribution is 7.23. The first-order chi connectivity index (χ1) is 10.2. The summed E-state index contributed by atoms with van der Waals surface area (Å²) in [7, 11) is 5.88. The van der Waals surface area contributed by atoms with Crippen LogP contribution in [0.2, 0.25) is 0 Å². The lowest BCUT2D eigenvalue weighted by molar-refractivity contribution is 1.25. The Labute approximate surface area is 129 Å². The Morgan fingerprint density at radius 1 is 0.952 bits per heavy atom. The summed E-state index contributed by atoms with van der Waals surface area (Å²) >= 11 is 1.41. The summed E-state index contributed by atoms with van der Waals surface area (Å²) < 4.78 is 0.717. The van der Waals surface area contributed by atoms with Crippen LogP contribution < -0.4 is 4.78 Å². The Morgan fingerprint density at radius 3 is 1.90 bits per heavy atom. The molecule has 0 amide bonds. The van der Waals surface area contributed by atoms with E-state index in [1.165, 1.54) is 11.3 Å². The van der Waals surface area contributed by atoms with Gasteiger partial charge in [-0.2, -0.15) is 0 Å². The molecule has 4 heteroatoms. The average molecular weight is 288 g/mol. The smallest absolute Gasteiger partial charge is 0.209 e. The summed E-state index contributed by atoms with van der Waals surface area (Å²) in [5.74, 6) is 0. The fourth-order valence-corrected chi connectivity index (χ4v) is 2.73. The van der Waals surface area contributed by atoms with E-state index in [4.69, 9.17) is 12.8 Å². The molecule has 21 heavy (non-hydrogen) atoms. The Balaban J connectivity index is 2.13. The minimum absolute atomic E-state index is 0.688. The molecule has 0 N–H and O–H groups in total. The molecule has 0 unspecified atom stereocenters. The zero-order valence-electron chi connectivity index (χ0n) is 11.7. The van der Waals surface area contributed by atoms with Gasteiger partial charge in [-0.1, -0.05) is 60.7 Å². The van der Waals surface area contributed by atoms with Crippen molar-refractivity contribution < 1.29 is 0 Å². The van der Waals surface area contributed by atoms with Crippen LogP contribution in [0, 0.1) is 6.92 Å². The van der Waals surface area contributed by atoms with E-state index < -0.39 is 0 Å². The lowest BCUT2D eigenvalue weighted by Crippen LogP contribution is -2.02. The molecule has 0 saturated carbocycles. The van der Waals surface area contributed by atoms with Crippen molar-refractivity contribution in [2.45, 2.75) is 6.92 Å². The highest BCUT2D eigenvalue weighted by Crippen LogP contribution is 2.20. The predicted octanol–water partition coefficient (Wildman–Crippen LogP) is 3.41. The van der Waals surface area contributed by atoms with Crippen molar-refractivity contribution in [2.75, 3.05) is 0 Å². The molecule has 0 aliphatic rings. The van der Waals surface area contributed by atoms with Gasteiger partial charge in [0.1, 0.15) is 7.85 Å². The molecule has 1 aromatic heterocycles. The summed E-state index contributed by atoms with van der Waals surface area (Å²) in [6, 6.07) is 20.2. The molecular weight excluding hydrogens is 275 g/mol. The number of aliphatic imine (C=N–C) groups is 1. The molecule has 0 aliphatic carbocycles. The maximum Gasteiger partial charge on any atom is 0.209 e. The van der Waals surface area contributed by atoms with Gasteiger partial charge in [0.15, 0.2) is 0 Å². The molecule has 0 bridgehead atoms. The molecule has 2 aromatic carbocycles. The van der Waals surface area contributed by atoms with Gasteiger partial charge in [-0.3, -0.25) is 0 Å². The van der Waals surface area contributed by atoms with E-state index >= 15 is 0 Å². The van der Waals surface area contributed by atoms with E-state index in [0.29, 0.717) is 9.91 Å². The monoisotopic (exact) mass is 288 g/mol. The van der Waals surface area contributed by atoms with Crippen molar-refractivity contribution in [1.29, 1.82) is 0 Å². The maximum absolute atomic E-state index is 5.88. The Morgan fingerprint density at radius 2 is 1.48 bits per heavy atom. The minimum atomic E-state index is 0.688. The number of hydrogen-bond acceptors (Lipinski definition) is 3. The largest absolute Gasteiger partial charge is 0.224 e. The first kappa shape index (κ1) is 13.8. The topological polar surface area (TPSA) is 25.2 Å². The van der Waals surface area contributed by atoms with Gasteiger partial charge in [0, 0.05) is 16.8 Å². The van der Waals surface area contributed by atoms with Crippen molar-refractivity contribution in [1.82, 2.24) is 4.98 Å². The molecule has 0 spiro atoms. The van der Waals surface area contributed by atoms with Gasteiger partial charge in [-0.15, -0.1) is 11.3 Å². The van der Waals surface area contributed by atoms with E-state index in [-0.39, 0.29) is 0 Å². The number of aryl methyl sites for hydroxylation is 1. The molecule has 1 heterocycles. The van der Waals surface area contributed by atoms with Crippen molar-refractivity contribution >= 4 is 34.8 Å². The molecule has 0 atom stereocenters. The van der Waals surface area contributed by atoms with Crippen LogP contribution in [-0.4, -0.2) is 18.5 Å². The molecule has 3 aromatic rings. The third kappa shape index (κ3) is 3.11. The van der Waals surface area contributed by atoms with Gasteiger partial charge >= 0.3 is 0 Å². The first-order valence-electron chi connectivity index (χ1n) is 6.66. The highest BCUT2D eigenvalue weighted by Gasteiger charge is 2.09. The lowest BCUT2D eigenvalue weighted by atomic mass is 10.0. The van der Waals surface area contributed by atoms with Crippen LogP contribution in [-0.2, 0) is 0 Å². The normalized spacial score (nSPS) is 10.3. The Bertz CT molecular complexity index is 703. The molecule has 2 nitrogen and oxygen atoms in total. The van der Waals surface area contributed by atoms with E-state index in [1.54, 1.807) is 0 Å². The van der Waals surface area contributed by atoms with Crippen molar-refractivity contribution in [3.63, 3.8) is 0 Å². The van der Waals surface area contributed by atoms with Crippen LogP contribution in [0.3, 0.4) is 0 Å². The summed E-state index contributed by atoms with van der Waals surface area (Å²) in [6.07, 6.45) is 0. The minimum Gasteiger partial charge on any atom is -0.224 e. The fraction of sp³-hybridized carbons (Fsp3) is 0.0588. The van der Waals surface area contributed by atoms with Crippen LogP contribution in [0.5, 0.6) is 0 Å². The molecule has 2 radical (unpaired) electrons. The predicted molar refractivity (Wildman–Crippen MR) is 90.4 cm³/mol. The summed E-state index contributed by atoms with van der Waals surface area (Å²) in [4.78, 5) is 9.13. The van der Waals surface area contributed by atoms with Gasteiger partial charge in [0.25, 0.3) is 0 Å². The number of thiazole rings is 1. The molecule has 0 aliphatic heterocycles. The zero-order chi connectivity index (χ0) is 14.7. The van der Waals surface area contributed by atoms with E-state index in [1.807, 2.05) is 43.3 Å². The molecular formula is C17H13BN2S. The summed E-state index contributed by atoms with van der Waals surface area (Å²) in [6.45, 7) is 1.90. The van der Waals surface area contributed by atoms with Crippen molar-refractivity contribution in [2.24, 2.45) is 4.99 Å². The molecule has 0 saturated heterocycles. The van der Waals surface area contributed by atoms with Gasteiger partial charge in [-0.25, -0.2) is 9.98 Å². The quantitative estimate of drug-likeness (QED) is 0.535. The standard InChI is InChI=1S/C17H13BN2S/c1-12-16(18)21-17(19-12)20-15(13-8-4-2-5-9-13)14-10-6-3-7-11-14/h2-11H,1H3. The van der Waals surface area contributed by atoms with Gasteiger partial charge in [0.2, 0.25) is 5.13 Å². The summed E-state index contributed by atoms with van der Waals surface area (Å²) in [5.41, 5.74) is 3.87. The lowest BCUT2D eigenvalue weighted by Gasteiger charge is -2.06. The fourth-order valence-electron chi connectivity index (χ4n) is 2.02. The zero-order valence-corrected chi connectivity index (χ0v) is 12.5. The third-order valence-corrected chi connectivity index (χ3v) is 4.00. The van der Waals surface area contributed by atoms with Crippen molar-refractivity contribution in [3.8, 4) is 0 Å². The van der Waals surface area contributed by atoms with Gasteiger partial charge < -0.3 is 0 Å². The van der Waals surface area contributed by atoms with E-state index in [0.717, 1.165) is 22.5 Å². The van der Waals surface area contributed by atoms with E-state index in [9.17, 15) is 0 Å². The maximum atomic E-state index is 5.88. The summed E-state index contributed by atoms with van der Waals surface area (Å²) in [5, 5.41) is 0.688. The van der Waals surface area contributed by atoms with Gasteiger partial charge in [0.05, 0.1) is 5.71 Å². The Hall–Kier alpha value is -2.20. The average Bonchev–Trinajstić information content (AvgIpc) is 2.85. The third-order valence-electron chi connectivity index (χ3n) is 3.12. The van der Waals surface area contributed by atoms with E-state index in [2.05, 4.69) is 29.2 Å². The van der Waals surface area contributed by atoms with Crippen LogP contribution in [0.1, 0.15) is 16.8 Å². The Kier molecular flexibility index (Phi) is 3.97. The second-order valence-electron chi connectivity index (χ2n) is 4.64. The van der Waals surface area contributed by atoms with Crippen LogP contribution in [0.4, 0.5) is 5.13 Å². The van der Waals surface area contributed by atoms with Crippen LogP contribution >= 0.6 is 11.3 Å². The number of benzene rings is 2. The number of rotatable bonds is 3. The molecule has 3 rings (SSSR count).